The highest BCUT2D eigenvalue weighted by atomic mass is 16.1. The summed E-state index contributed by atoms with van der Waals surface area (Å²) in [7, 11) is 0. The number of rotatable bonds is 1. The Labute approximate surface area is 159 Å². The molecule has 0 aromatic heterocycles. The molecule has 1 heteroatoms. The first-order valence-corrected chi connectivity index (χ1v) is 10.1. The Bertz CT molecular complexity index is 1120. The molecule has 132 valence electrons. The zero-order chi connectivity index (χ0) is 18.0. The maximum atomic E-state index is 13.1. The van der Waals surface area contributed by atoms with Gasteiger partial charge in [0.15, 0.2) is 0 Å². The first kappa shape index (κ1) is 15.4. The number of hydrogen-bond donors (Lipinski definition) is 0. The van der Waals surface area contributed by atoms with E-state index in [1.54, 1.807) is 0 Å². The van der Waals surface area contributed by atoms with Crippen molar-refractivity contribution >= 4 is 16.6 Å². The zero-order valence-corrected chi connectivity index (χ0v) is 15.4. The highest BCUT2D eigenvalue weighted by molar-refractivity contribution is 5.97. The summed E-state index contributed by atoms with van der Waals surface area (Å²) >= 11 is 0. The van der Waals surface area contributed by atoms with Crippen LogP contribution in [0.15, 0.2) is 72.3 Å². The van der Waals surface area contributed by atoms with Gasteiger partial charge in [-0.05, 0) is 76.8 Å². The summed E-state index contributed by atoms with van der Waals surface area (Å²) in [5.41, 5.74) is 6.55. The van der Waals surface area contributed by atoms with Crippen molar-refractivity contribution in [1.29, 1.82) is 0 Å². The van der Waals surface area contributed by atoms with E-state index in [4.69, 9.17) is 0 Å². The summed E-state index contributed by atoms with van der Waals surface area (Å²) in [6, 6.07) is 22.0. The van der Waals surface area contributed by atoms with Gasteiger partial charge >= 0.3 is 0 Å². The van der Waals surface area contributed by atoms with E-state index in [0.29, 0.717) is 18.1 Å². The van der Waals surface area contributed by atoms with Crippen molar-refractivity contribution in [3.05, 3.63) is 83.4 Å². The van der Waals surface area contributed by atoms with Crippen LogP contribution in [-0.4, -0.2) is 5.78 Å². The monoisotopic (exact) mass is 350 g/mol. The number of ketones is 1. The van der Waals surface area contributed by atoms with E-state index in [-0.39, 0.29) is 5.41 Å². The summed E-state index contributed by atoms with van der Waals surface area (Å²) in [5, 5.41) is 2.56. The molecule has 3 aromatic carbocycles. The van der Waals surface area contributed by atoms with Crippen LogP contribution >= 0.6 is 0 Å². The Morgan fingerprint density at radius 1 is 0.852 bits per heavy atom. The van der Waals surface area contributed by atoms with Crippen molar-refractivity contribution in [2.75, 3.05) is 0 Å². The largest absolute Gasteiger partial charge is 0.299 e. The normalized spacial score (nSPS) is 25.9. The van der Waals surface area contributed by atoms with Crippen molar-refractivity contribution in [1.82, 2.24) is 0 Å². The average molecular weight is 350 g/mol. The minimum Gasteiger partial charge on any atom is -0.299 e. The molecule has 27 heavy (non-hydrogen) atoms. The molecule has 1 spiro atoms. The molecule has 3 aliphatic carbocycles. The van der Waals surface area contributed by atoms with Gasteiger partial charge in [0.25, 0.3) is 0 Å². The molecule has 0 N–H and O–H groups in total. The summed E-state index contributed by atoms with van der Waals surface area (Å²) in [6.45, 7) is 0. The number of allylic oxidation sites excluding steroid dienone is 2. The minimum absolute atomic E-state index is 0.218. The van der Waals surface area contributed by atoms with Gasteiger partial charge in [-0.1, -0.05) is 60.2 Å². The quantitative estimate of drug-likeness (QED) is 0.492. The topological polar surface area (TPSA) is 17.1 Å². The lowest BCUT2D eigenvalue weighted by Gasteiger charge is -2.40. The fourth-order valence-corrected chi connectivity index (χ4v) is 5.85. The van der Waals surface area contributed by atoms with Gasteiger partial charge in [-0.2, -0.15) is 0 Å². The van der Waals surface area contributed by atoms with Crippen LogP contribution in [0.1, 0.15) is 36.8 Å². The summed E-state index contributed by atoms with van der Waals surface area (Å²) in [6.07, 6.45) is 7.18. The average Bonchev–Trinajstić information content (AvgIpc) is 3.32. The number of Topliss-reactive ketones (excluding diaryl/α,β-unsaturated/α-hetero) is 1. The molecule has 1 saturated carbocycles. The van der Waals surface area contributed by atoms with Crippen LogP contribution in [-0.2, 0) is 16.6 Å². The summed E-state index contributed by atoms with van der Waals surface area (Å²) < 4.78 is 0. The van der Waals surface area contributed by atoms with Gasteiger partial charge in [-0.25, -0.2) is 0 Å². The molecule has 6 rings (SSSR count). The third-order valence-electron chi connectivity index (χ3n) is 7.17. The van der Waals surface area contributed by atoms with Gasteiger partial charge < -0.3 is 0 Å². The SMILES string of the molecule is O=C1CCc2cc3cc(-c4ccccc4)ccc3cc2C12CC1=CCC2C1. The van der Waals surface area contributed by atoms with E-state index in [9.17, 15) is 4.79 Å². The van der Waals surface area contributed by atoms with Crippen molar-refractivity contribution in [3.8, 4) is 11.1 Å². The van der Waals surface area contributed by atoms with Gasteiger partial charge in [0.1, 0.15) is 5.78 Å². The molecule has 3 aliphatic rings. The van der Waals surface area contributed by atoms with Gasteiger partial charge in [0, 0.05) is 6.42 Å². The molecule has 3 aromatic rings. The van der Waals surface area contributed by atoms with Crippen LogP contribution in [0.5, 0.6) is 0 Å². The molecule has 1 nitrogen and oxygen atoms in total. The lowest BCUT2D eigenvalue weighted by atomic mass is 9.61. The standard InChI is InChI=1S/C26H22O/c27-25-11-9-21-14-22-13-19(18-4-2-1-3-5-18)7-8-20(22)15-24(21)26(25)16-17-6-10-23(26)12-17/h1-8,13-15,23H,9-12,16H2. The first-order valence-electron chi connectivity index (χ1n) is 10.1. The fraction of sp³-hybridized carbons (Fsp3) is 0.269. The van der Waals surface area contributed by atoms with Crippen LogP contribution < -0.4 is 0 Å². The second kappa shape index (κ2) is 5.42. The number of hydrogen-bond acceptors (Lipinski definition) is 1. The van der Waals surface area contributed by atoms with Crippen LogP contribution in [0.2, 0.25) is 0 Å². The molecule has 0 amide bonds. The highest BCUT2D eigenvalue weighted by Gasteiger charge is 2.55. The Morgan fingerprint density at radius 2 is 1.74 bits per heavy atom. The van der Waals surface area contributed by atoms with Gasteiger partial charge in [0.2, 0.25) is 0 Å². The molecular formula is C26H22O. The van der Waals surface area contributed by atoms with E-state index >= 15 is 0 Å². The zero-order valence-electron chi connectivity index (χ0n) is 15.4. The van der Waals surface area contributed by atoms with E-state index in [1.165, 1.54) is 38.6 Å². The Hall–Kier alpha value is -2.67. The second-order valence-corrected chi connectivity index (χ2v) is 8.51. The Morgan fingerprint density at radius 3 is 2.52 bits per heavy atom. The van der Waals surface area contributed by atoms with E-state index in [1.807, 2.05) is 0 Å². The molecule has 2 bridgehead atoms. The van der Waals surface area contributed by atoms with Crippen LogP contribution in [0.4, 0.5) is 0 Å². The molecule has 0 radical (unpaired) electrons. The third-order valence-corrected chi connectivity index (χ3v) is 7.17. The lowest BCUT2D eigenvalue weighted by Crippen LogP contribution is -2.43. The molecule has 2 atom stereocenters. The Balaban J connectivity index is 1.53. The number of benzene rings is 3. The number of fused-ring (bicyclic) bond motifs is 6. The number of aryl methyl sites for hydroxylation is 1. The predicted octanol–water partition coefficient (Wildman–Crippen LogP) is 6.00. The van der Waals surface area contributed by atoms with E-state index < -0.39 is 0 Å². The predicted molar refractivity (Wildman–Crippen MR) is 110 cm³/mol. The second-order valence-electron chi connectivity index (χ2n) is 8.51. The van der Waals surface area contributed by atoms with Crippen molar-refractivity contribution in [3.63, 3.8) is 0 Å². The maximum absolute atomic E-state index is 13.1. The fourth-order valence-electron chi connectivity index (χ4n) is 5.85. The molecule has 0 heterocycles. The highest BCUT2D eigenvalue weighted by Crippen LogP contribution is 2.57. The summed E-state index contributed by atoms with van der Waals surface area (Å²) in [5.74, 6) is 0.989. The minimum atomic E-state index is -0.218. The number of carbonyl (C=O) groups excluding carboxylic acids is 1. The molecule has 0 saturated heterocycles. The van der Waals surface area contributed by atoms with Gasteiger partial charge in [0.05, 0.1) is 5.41 Å². The van der Waals surface area contributed by atoms with E-state index in [2.05, 4.69) is 66.7 Å². The smallest absolute Gasteiger partial charge is 0.144 e. The van der Waals surface area contributed by atoms with Crippen molar-refractivity contribution in [2.45, 2.75) is 37.5 Å². The first-order chi connectivity index (χ1) is 13.2. The van der Waals surface area contributed by atoms with Crippen LogP contribution in [0.3, 0.4) is 0 Å². The van der Waals surface area contributed by atoms with Gasteiger partial charge in [-0.3, -0.25) is 4.79 Å². The maximum Gasteiger partial charge on any atom is 0.144 e. The molecule has 0 aliphatic heterocycles. The Kier molecular flexibility index (Phi) is 3.09. The molecule has 2 unspecified atom stereocenters. The van der Waals surface area contributed by atoms with Gasteiger partial charge in [-0.15, -0.1) is 0 Å². The third kappa shape index (κ3) is 2.09. The van der Waals surface area contributed by atoms with Crippen LogP contribution in [0.25, 0.3) is 21.9 Å². The summed E-state index contributed by atoms with van der Waals surface area (Å²) in [4.78, 5) is 13.1. The van der Waals surface area contributed by atoms with Crippen molar-refractivity contribution in [2.24, 2.45) is 5.92 Å². The van der Waals surface area contributed by atoms with E-state index in [0.717, 1.165) is 25.7 Å². The molecule has 1 fully saturated rings. The van der Waals surface area contributed by atoms with Crippen molar-refractivity contribution < 1.29 is 4.79 Å². The number of carbonyl (C=O) groups is 1. The lowest BCUT2D eigenvalue weighted by molar-refractivity contribution is -0.126. The molecular weight excluding hydrogens is 328 g/mol. The van der Waals surface area contributed by atoms with Crippen LogP contribution in [0, 0.1) is 5.92 Å².